The highest BCUT2D eigenvalue weighted by Crippen LogP contribution is 2.39. The number of amides is 2. The SMILES string of the molecule is CC(C)(NC(=O)NC1(C(=O)O)CCCCCC1)C1CC1. The number of hydrogen-bond donors (Lipinski definition) is 3. The molecule has 5 nitrogen and oxygen atoms in total. The number of carbonyl (C=O) groups excluding carboxylic acids is 1. The molecule has 0 saturated heterocycles. The summed E-state index contributed by atoms with van der Waals surface area (Å²) in [5.74, 6) is -0.387. The van der Waals surface area contributed by atoms with Gasteiger partial charge in [0.05, 0.1) is 0 Å². The zero-order valence-corrected chi connectivity index (χ0v) is 12.5. The summed E-state index contributed by atoms with van der Waals surface area (Å²) in [6.07, 6.45) is 7.14. The van der Waals surface area contributed by atoms with E-state index in [1.54, 1.807) is 0 Å². The lowest BCUT2D eigenvalue weighted by atomic mass is 9.90. The Kier molecular flexibility index (Phi) is 4.25. The van der Waals surface area contributed by atoms with Crippen molar-refractivity contribution in [1.82, 2.24) is 10.6 Å². The van der Waals surface area contributed by atoms with Crippen LogP contribution in [0.4, 0.5) is 4.79 Å². The highest BCUT2D eigenvalue weighted by Gasteiger charge is 2.43. The van der Waals surface area contributed by atoms with Gasteiger partial charge in [0, 0.05) is 5.54 Å². The van der Waals surface area contributed by atoms with Crippen LogP contribution in [0.25, 0.3) is 0 Å². The van der Waals surface area contributed by atoms with Gasteiger partial charge in [0.1, 0.15) is 5.54 Å². The average Bonchev–Trinajstić information content (AvgIpc) is 3.15. The van der Waals surface area contributed by atoms with Crippen LogP contribution in [-0.4, -0.2) is 28.2 Å². The van der Waals surface area contributed by atoms with Gasteiger partial charge in [0.2, 0.25) is 0 Å². The molecule has 0 aromatic carbocycles. The van der Waals surface area contributed by atoms with E-state index in [2.05, 4.69) is 10.6 Å². The molecule has 0 atom stereocenters. The van der Waals surface area contributed by atoms with Crippen LogP contribution >= 0.6 is 0 Å². The first kappa shape index (κ1) is 15.1. The molecule has 2 rings (SSSR count). The van der Waals surface area contributed by atoms with Crippen molar-refractivity contribution in [3.8, 4) is 0 Å². The van der Waals surface area contributed by atoms with Crippen molar-refractivity contribution < 1.29 is 14.7 Å². The molecule has 0 radical (unpaired) electrons. The molecule has 2 saturated carbocycles. The Morgan fingerprint density at radius 2 is 1.65 bits per heavy atom. The summed E-state index contributed by atoms with van der Waals surface area (Å²) in [6.45, 7) is 4.01. The monoisotopic (exact) mass is 282 g/mol. The van der Waals surface area contributed by atoms with E-state index in [0.717, 1.165) is 38.5 Å². The fourth-order valence-electron chi connectivity index (χ4n) is 3.17. The van der Waals surface area contributed by atoms with E-state index in [1.165, 1.54) is 0 Å². The quantitative estimate of drug-likeness (QED) is 0.694. The van der Waals surface area contributed by atoms with Crippen molar-refractivity contribution in [3.63, 3.8) is 0 Å². The van der Waals surface area contributed by atoms with Gasteiger partial charge in [0.15, 0.2) is 0 Å². The third-order valence-corrected chi connectivity index (χ3v) is 4.75. The summed E-state index contributed by atoms with van der Waals surface area (Å²) in [5.41, 5.74) is -1.34. The molecule has 0 aromatic rings. The smallest absolute Gasteiger partial charge is 0.329 e. The number of hydrogen-bond acceptors (Lipinski definition) is 2. The lowest BCUT2D eigenvalue weighted by Gasteiger charge is -2.33. The standard InChI is InChI=1S/C15H26N2O3/c1-14(2,11-7-8-11)16-13(20)17-15(12(18)19)9-5-3-4-6-10-15/h11H,3-10H2,1-2H3,(H,18,19)(H2,16,17,20). The number of rotatable bonds is 4. The number of aliphatic carboxylic acids is 1. The first-order chi connectivity index (χ1) is 9.36. The number of nitrogens with one attached hydrogen (secondary N) is 2. The van der Waals surface area contributed by atoms with Crippen LogP contribution in [0.15, 0.2) is 0 Å². The molecule has 2 aliphatic carbocycles. The Hall–Kier alpha value is -1.26. The first-order valence-corrected chi connectivity index (χ1v) is 7.69. The largest absolute Gasteiger partial charge is 0.480 e. The number of urea groups is 1. The van der Waals surface area contributed by atoms with Gasteiger partial charge in [-0.25, -0.2) is 9.59 Å². The molecule has 114 valence electrons. The molecule has 0 aromatic heterocycles. The van der Waals surface area contributed by atoms with Crippen molar-refractivity contribution in [2.75, 3.05) is 0 Å². The number of carboxylic acid groups (broad SMARTS) is 1. The van der Waals surface area contributed by atoms with Crippen molar-refractivity contribution in [3.05, 3.63) is 0 Å². The molecule has 0 aliphatic heterocycles. The molecule has 2 fully saturated rings. The summed E-state index contributed by atoms with van der Waals surface area (Å²) in [6, 6.07) is -0.341. The van der Waals surface area contributed by atoms with E-state index < -0.39 is 11.5 Å². The molecule has 0 spiro atoms. The van der Waals surface area contributed by atoms with E-state index in [4.69, 9.17) is 0 Å². The highest BCUT2D eigenvalue weighted by atomic mass is 16.4. The summed E-state index contributed by atoms with van der Waals surface area (Å²) in [5, 5.41) is 15.3. The molecule has 0 unspecified atom stereocenters. The van der Waals surface area contributed by atoms with Gasteiger partial charge >= 0.3 is 12.0 Å². The Balaban J connectivity index is 2.00. The summed E-state index contributed by atoms with van der Waals surface area (Å²) in [4.78, 5) is 23.8. The topological polar surface area (TPSA) is 78.4 Å². The molecular weight excluding hydrogens is 256 g/mol. The Morgan fingerprint density at radius 1 is 1.10 bits per heavy atom. The van der Waals surface area contributed by atoms with Crippen LogP contribution in [-0.2, 0) is 4.79 Å². The minimum Gasteiger partial charge on any atom is -0.480 e. The van der Waals surface area contributed by atoms with E-state index >= 15 is 0 Å². The van der Waals surface area contributed by atoms with Gasteiger partial charge < -0.3 is 15.7 Å². The zero-order valence-electron chi connectivity index (χ0n) is 12.5. The van der Waals surface area contributed by atoms with Gasteiger partial charge in [-0.1, -0.05) is 25.7 Å². The van der Waals surface area contributed by atoms with Gasteiger partial charge in [-0.2, -0.15) is 0 Å². The van der Waals surface area contributed by atoms with Gasteiger partial charge in [-0.05, 0) is 45.4 Å². The lowest BCUT2D eigenvalue weighted by Crippen LogP contribution is -2.60. The maximum absolute atomic E-state index is 12.2. The molecule has 5 heteroatoms. The second-order valence-corrected chi connectivity index (χ2v) is 6.88. The van der Waals surface area contributed by atoms with Crippen LogP contribution in [0.3, 0.4) is 0 Å². The van der Waals surface area contributed by atoms with Crippen LogP contribution in [0.2, 0.25) is 0 Å². The summed E-state index contributed by atoms with van der Waals surface area (Å²) in [7, 11) is 0. The minimum atomic E-state index is -1.08. The van der Waals surface area contributed by atoms with E-state index in [-0.39, 0.29) is 11.6 Å². The second kappa shape index (κ2) is 5.62. The Morgan fingerprint density at radius 3 is 2.10 bits per heavy atom. The molecule has 2 amide bonds. The van der Waals surface area contributed by atoms with Gasteiger partial charge in [-0.3, -0.25) is 0 Å². The van der Waals surface area contributed by atoms with Crippen LogP contribution in [0.1, 0.15) is 65.2 Å². The van der Waals surface area contributed by atoms with Crippen LogP contribution in [0.5, 0.6) is 0 Å². The second-order valence-electron chi connectivity index (χ2n) is 6.88. The Labute approximate surface area is 120 Å². The van der Waals surface area contributed by atoms with Crippen LogP contribution in [0, 0.1) is 5.92 Å². The molecule has 0 bridgehead atoms. The Bertz CT molecular complexity index is 381. The number of carboxylic acids is 1. The predicted molar refractivity (Wildman–Crippen MR) is 76.5 cm³/mol. The molecule has 3 N–H and O–H groups in total. The highest BCUT2D eigenvalue weighted by molar-refractivity contribution is 5.86. The number of carbonyl (C=O) groups is 2. The van der Waals surface area contributed by atoms with E-state index in [0.29, 0.717) is 18.8 Å². The third kappa shape index (κ3) is 3.44. The predicted octanol–water partition coefficient (Wildman–Crippen LogP) is 2.65. The van der Waals surface area contributed by atoms with Gasteiger partial charge in [-0.15, -0.1) is 0 Å². The first-order valence-electron chi connectivity index (χ1n) is 7.69. The van der Waals surface area contributed by atoms with Crippen molar-refractivity contribution in [1.29, 1.82) is 0 Å². The molecule has 2 aliphatic rings. The van der Waals surface area contributed by atoms with Crippen molar-refractivity contribution in [2.45, 2.75) is 76.3 Å². The third-order valence-electron chi connectivity index (χ3n) is 4.75. The van der Waals surface area contributed by atoms with Gasteiger partial charge in [0.25, 0.3) is 0 Å². The van der Waals surface area contributed by atoms with Crippen molar-refractivity contribution >= 4 is 12.0 Å². The minimum absolute atomic E-state index is 0.255. The molecule has 0 heterocycles. The normalized spacial score (nSPS) is 22.7. The fourth-order valence-corrected chi connectivity index (χ4v) is 3.17. The molecular formula is C15H26N2O3. The maximum Gasteiger partial charge on any atom is 0.329 e. The summed E-state index contributed by atoms with van der Waals surface area (Å²) >= 11 is 0. The summed E-state index contributed by atoms with van der Waals surface area (Å²) < 4.78 is 0. The maximum atomic E-state index is 12.2. The molecule has 20 heavy (non-hydrogen) atoms. The zero-order chi connectivity index (χ0) is 14.8. The van der Waals surface area contributed by atoms with E-state index in [1.807, 2.05) is 13.8 Å². The average molecular weight is 282 g/mol. The van der Waals surface area contributed by atoms with E-state index in [9.17, 15) is 14.7 Å². The lowest BCUT2D eigenvalue weighted by molar-refractivity contribution is -0.145. The fraction of sp³-hybridized carbons (Fsp3) is 0.867. The van der Waals surface area contributed by atoms with Crippen LogP contribution < -0.4 is 10.6 Å². The van der Waals surface area contributed by atoms with Crippen molar-refractivity contribution in [2.24, 2.45) is 5.92 Å².